The smallest absolute Gasteiger partial charge is 0.416 e. The zero-order chi connectivity index (χ0) is 19.0. The summed E-state index contributed by atoms with van der Waals surface area (Å²) < 4.78 is 44.0. The molecule has 136 valence electrons. The maximum absolute atomic E-state index is 13.0. The molecule has 1 N–H and O–H groups in total. The number of benzene rings is 3. The average Bonchev–Trinajstić information content (AvgIpc) is 2.65. The maximum Gasteiger partial charge on any atom is 0.416 e. The normalized spacial score (nSPS) is 13.3. The third-order valence-corrected chi connectivity index (χ3v) is 4.42. The van der Waals surface area contributed by atoms with E-state index in [0.717, 1.165) is 12.1 Å². The summed E-state index contributed by atoms with van der Waals surface area (Å²) in [7, 11) is 0. The van der Waals surface area contributed by atoms with Crippen LogP contribution in [0.1, 0.15) is 22.6 Å². The van der Waals surface area contributed by atoms with Gasteiger partial charge in [0.25, 0.3) is 0 Å². The number of rotatable bonds is 2. The Bertz CT molecular complexity index is 951. The molecule has 0 aliphatic carbocycles. The van der Waals surface area contributed by atoms with Crippen LogP contribution in [0, 0.1) is 0 Å². The maximum atomic E-state index is 13.0. The summed E-state index contributed by atoms with van der Waals surface area (Å²) >= 11 is 0. The summed E-state index contributed by atoms with van der Waals surface area (Å²) in [6.45, 7) is 0. The van der Waals surface area contributed by atoms with Gasteiger partial charge in [-0.05, 0) is 36.4 Å². The lowest BCUT2D eigenvalue weighted by Crippen LogP contribution is -2.25. The van der Waals surface area contributed by atoms with E-state index in [9.17, 15) is 18.0 Å². The Labute approximate surface area is 153 Å². The molecule has 6 heteroatoms. The zero-order valence-corrected chi connectivity index (χ0v) is 14.0. The molecule has 0 unspecified atom stereocenters. The SMILES string of the molecule is O=C(Nc1ccc(C(F)(F)F)cc1)C1c2ccccc2Oc2ccccc21. The van der Waals surface area contributed by atoms with E-state index in [4.69, 9.17) is 4.74 Å². The highest BCUT2D eigenvalue weighted by molar-refractivity contribution is 5.99. The van der Waals surface area contributed by atoms with Gasteiger partial charge in [0.05, 0.1) is 11.5 Å². The first-order valence-electron chi connectivity index (χ1n) is 8.27. The summed E-state index contributed by atoms with van der Waals surface area (Å²) in [6, 6.07) is 18.8. The summed E-state index contributed by atoms with van der Waals surface area (Å²) in [5.74, 6) is 0.221. The Balaban J connectivity index is 1.66. The summed E-state index contributed by atoms with van der Waals surface area (Å²) in [6.07, 6.45) is -4.42. The minimum atomic E-state index is -4.42. The molecule has 3 nitrogen and oxygen atoms in total. The monoisotopic (exact) mass is 369 g/mol. The highest BCUT2D eigenvalue weighted by Gasteiger charge is 2.33. The molecule has 0 bridgehead atoms. The Morgan fingerprint density at radius 2 is 1.33 bits per heavy atom. The standard InChI is InChI=1S/C21H14F3NO2/c22-21(23,24)13-9-11-14(12-10-13)25-20(26)19-15-5-1-3-7-17(15)27-18-8-4-2-6-16(18)19/h1-12,19H,(H,25,26). The first-order chi connectivity index (χ1) is 12.9. The number of hydrogen-bond donors (Lipinski definition) is 1. The number of fused-ring (bicyclic) bond motifs is 2. The first kappa shape index (κ1) is 17.1. The third kappa shape index (κ3) is 3.26. The van der Waals surface area contributed by atoms with Crippen LogP contribution in [0.2, 0.25) is 0 Å². The fraction of sp³-hybridized carbons (Fsp3) is 0.0952. The van der Waals surface area contributed by atoms with Gasteiger partial charge in [-0.1, -0.05) is 36.4 Å². The quantitative estimate of drug-likeness (QED) is 0.640. The third-order valence-electron chi connectivity index (χ3n) is 4.42. The molecule has 0 aromatic heterocycles. The van der Waals surface area contributed by atoms with Crippen molar-refractivity contribution in [2.45, 2.75) is 12.1 Å². The topological polar surface area (TPSA) is 38.3 Å². The van der Waals surface area contributed by atoms with Crippen LogP contribution < -0.4 is 10.1 Å². The van der Waals surface area contributed by atoms with E-state index in [-0.39, 0.29) is 5.91 Å². The number of carbonyl (C=O) groups is 1. The van der Waals surface area contributed by atoms with E-state index in [0.29, 0.717) is 28.3 Å². The number of ether oxygens (including phenoxy) is 1. The predicted octanol–water partition coefficient (Wildman–Crippen LogP) is 5.58. The second kappa shape index (κ2) is 6.46. The van der Waals surface area contributed by atoms with E-state index in [1.54, 1.807) is 12.1 Å². The minimum Gasteiger partial charge on any atom is -0.457 e. The number of para-hydroxylation sites is 2. The fourth-order valence-electron chi connectivity index (χ4n) is 3.15. The Morgan fingerprint density at radius 1 is 0.815 bits per heavy atom. The molecule has 1 amide bonds. The first-order valence-corrected chi connectivity index (χ1v) is 8.27. The van der Waals surface area contributed by atoms with Crippen LogP contribution in [0.4, 0.5) is 18.9 Å². The Morgan fingerprint density at radius 3 is 1.85 bits per heavy atom. The van der Waals surface area contributed by atoms with Gasteiger partial charge in [0.15, 0.2) is 0 Å². The van der Waals surface area contributed by atoms with Crippen molar-refractivity contribution in [1.29, 1.82) is 0 Å². The molecular weight excluding hydrogens is 355 g/mol. The van der Waals surface area contributed by atoms with Gasteiger partial charge in [-0.3, -0.25) is 4.79 Å². The number of alkyl halides is 3. The summed E-state index contributed by atoms with van der Waals surface area (Å²) in [5, 5.41) is 2.71. The van der Waals surface area contributed by atoms with Gasteiger partial charge in [0.2, 0.25) is 5.91 Å². The largest absolute Gasteiger partial charge is 0.457 e. The number of anilines is 1. The van der Waals surface area contributed by atoms with E-state index < -0.39 is 17.7 Å². The van der Waals surface area contributed by atoms with Gasteiger partial charge in [0, 0.05) is 16.8 Å². The second-order valence-corrected chi connectivity index (χ2v) is 6.18. The van der Waals surface area contributed by atoms with Crippen LogP contribution in [0.25, 0.3) is 0 Å². The number of nitrogens with one attached hydrogen (secondary N) is 1. The molecule has 4 rings (SSSR count). The minimum absolute atomic E-state index is 0.300. The fourth-order valence-corrected chi connectivity index (χ4v) is 3.15. The highest BCUT2D eigenvalue weighted by Crippen LogP contribution is 2.44. The number of hydrogen-bond acceptors (Lipinski definition) is 2. The molecule has 3 aromatic carbocycles. The van der Waals surface area contributed by atoms with Crippen molar-refractivity contribution in [2.24, 2.45) is 0 Å². The molecule has 0 fully saturated rings. The summed E-state index contributed by atoms with van der Waals surface area (Å²) in [4.78, 5) is 13.0. The van der Waals surface area contributed by atoms with Crippen LogP contribution in [0.3, 0.4) is 0 Å². The van der Waals surface area contributed by atoms with Crippen molar-refractivity contribution in [2.75, 3.05) is 5.32 Å². The Kier molecular flexibility index (Phi) is 4.11. The van der Waals surface area contributed by atoms with Crippen molar-refractivity contribution < 1.29 is 22.7 Å². The van der Waals surface area contributed by atoms with E-state index >= 15 is 0 Å². The van der Waals surface area contributed by atoms with Gasteiger partial charge in [0.1, 0.15) is 11.5 Å². The average molecular weight is 369 g/mol. The molecule has 1 aliphatic heterocycles. The number of carbonyl (C=O) groups excluding carboxylic acids is 1. The molecule has 0 radical (unpaired) electrons. The van der Waals surface area contributed by atoms with Crippen LogP contribution >= 0.6 is 0 Å². The predicted molar refractivity (Wildman–Crippen MR) is 94.9 cm³/mol. The molecule has 0 spiro atoms. The lowest BCUT2D eigenvalue weighted by molar-refractivity contribution is -0.137. The molecule has 0 atom stereocenters. The van der Waals surface area contributed by atoms with Crippen molar-refractivity contribution in [1.82, 2.24) is 0 Å². The lowest BCUT2D eigenvalue weighted by Gasteiger charge is -2.27. The second-order valence-electron chi connectivity index (χ2n) is 6.18. The highest BCUT2D eigenvalue weighted by atomic mass is 19.4. The summed E-state index contributed by atoms with van der Waals surface area (Å²) in [5.41, 5.74) is 0.956. The lowest BCUT2D eigenvalue weighted by atomic mass is 9.87. The molecule has 1 heterocycles. The zero-order valence-electron chi connectivity index (χ0n) is 14.0. The van der Waals surface area contributed by atoms with Crippen molar-refractivity contribution in [3.05, 3.63) is 89.5 Å². The van der Waals surface area contributed by atoms with Crippen LogP contribution in [0.5, 0.6) is 11.5 Å². The molecule has 3 aromatic rings. The van der Waals surface area contributed by atoms with Gasteiger partial charge < -0.3 is 10.1 Å². The Hall–Kier alpha value is -3.28. The molecule has 0 saturated heterocycles. The van der Waals surface area contributed by atoms with E-state index in [1.807, 2.05) is 36.4 Å². The van der Waals surface area contributed by atoms with Crippen LogP contribution in [-0.4, -0.2) is 5.91 Å². The van der Waals surface area contributed by atoms with Crippen molar-refractivity contribution >= 4 is 11.6 Å². The van der Waals surface area contributed by atoms with Gasteiger partial charge in [-0.2, -0.15) is 13.2 Å². The van der Waals surface area contributed by atoms with Crippen LogP contribution in [0.15, 0.2) is 72.8 Å². The van der Waals surface area contributed by atoms with E-state index in [1.165, 1.54) is 12.1 Å². The molecule has 27 heavy (non-hydrogen) atoms. The van der Waals surface area contributed by atoms with E-state index in [2.05, 4.69) is 5.32 Å². The van der Waals surface area contributed by atoms with Crippen LogP contribution in [-0.2, 0) is 11.0 Å². The number of halogens is 3. The molecular formula is C21H14F3NO2. The van der Waals surface area contributed by atoms with Gasteiger partial charge in [-0.15, -0.1) is 0 Å². The van der Waals surface area contributed by atoms with Crippen molar-refractivity contribution in [3.8, 4) is 11.5 Å². The molecule has 1 aliphatic rings. The number of amides is 1. The van der Waals surface area contributed by atoms with Gasteiger partial charge in [-0.25, -0.2) is 0 Å². The molecule has 0 saturated carbocycles. The van der Waals surface area contributed by atoms with Crippen molar-refractivity contribution in [3.63, 3.8) is 0 Å². The van der Waals surface area contributed by atoms with Gasteiger partial charge >= 0.3 is 6.18 Å².